The van der Waals surface area contributed by atoms with Gasteiger partial charge in [-0.15, -0.1) is 0 Å². The van der Waals surface area contributed by atoms with Crippen LogP contribution in [0.15, 0.2) is 36.4 Å². The molecule has 0 aliphatic rings. The Kier molecular flexibility index (Phi) is 18.2. The molecule has 0 radical (unpaired) electrons. The second-order valence-electron chi connectivity index (χ2n) is 12.9. The summed E-state index contributed by atoms with van der Waals surface area (Å²) in [6, 6.07) is 3.84. The van der Waals surface area contributed by atoms with Crippen LogP contribution < -0.4 is 0 Å². The SMILES string of the molecule is CCCCCCCCCCC#Cc1cc(C(=O)O)ccc1C(c1ccc(C(=O)O)cc1C#CCCCCCCCCCC)(C(F)(F)F)C(F)(F)F. The Labute approximate surface area is 298 Å². The fourth-order valence-corrected chi connectivity index (χ4v) is 6.14. The third-order valence-electron chi connectivity index (χ3n) is 8.95. The summed E-state index contributed by atoms with van der Waals surface area (Å²) < 4.78 is 92.1. The van der Waals surface area contributed by atoms with Crippen molar-refractivity contribution in [2.45, 2.75) is 147 Å². The summed E-state index contributed by atoms with van der Waals surface area (Å²) in [6.07, 6.45) is 3.91. The smallest absolute Gasteiger partial charge is 0.411 e. The highest BCUT2D eigenvalue weighted by atomic mass is 19.4. The van der Waals surface area contributed by atoms with Crippen molar-refractivity contribution in [3.8, 4) is 23.7 Å². The maximum absolute atomic E-state index is 15.3. The molecule has 0 unspecified atom stereocenters. The number of hydrogen-bond acceptors (Lipinski definition) is 2. The third-order valence-corrected chi connectivity index (χ3v) is 8.95. The van der Waals surface area contributed by atoms with E-state index in [1.807, 2.05) is 0 Å². The molecule has 0 fully saturated rings. The number of carboxylic acid groups (broad SMARTS) is 2. The zero-order valence-electron chi connectivity index (χ0n) is 29.7. The number of alkyl halides is 6. The fourth-order valence-electron chi connectivity index (χ4n) is 6.14. The lowest BCUT2D eigenvalue weighted by atomic mass is 9.69. The molecule has 0 atom stereocenters. The quantitative estimate of drug-likeness (QED) is 0.0811. The highest BCUT2D eigenvalue weighted by molar-refractivity contribution is 5.89. The van der Waals surface area contributed by atoms with E-state index in [0.717, 1.165) is 102 Å². The molecule has 0 aromatic heterocycles. The van der Waals surface area contributed by atoms with Gasteiger partial charge in [-0.3, -0.25) is 0 Å². The summed E-state index contributed by atoms with van der Waals surface area (Å²) >= 11 is 0. The third kappa shape index (κ3) is 12.7. The molecule has 0 spiro atoms. The van der Waals surface area contributed by atoms with Crippen molar-refractivity contribution >= 4 is 11.9 Å². The molecule has 0 saturated carbocycles. The first-order valence-corrected chi connectivity index (χ1v) is 18.1. The number of hydrogen-bond donors (Lipinski definition) is 2. The molecule has 0 bridgehead atoms. The minimum atomic E-state index is -6.02. The average molecular weight is 721 g/mol. The van der Waals surface area contributed by atoms with Crippen molar-refractivity contribution in [1.29, 1.82) is 0 Å². The van der Waals surface area contributed by atoms with Gasteiger partial charge in [0.15, 0.2) is 0 Å². The molecule has 2 aromatic carbocycles. The largest absolute Gasteiger partial charge is 0.478 e. The summed E-state index contributed by atoms with van der Waals surface area (Å²) in [5.74, 6) is 7.14. The van der Waals surface area contributed by atoms with Crippen LogP contribution in [0.3, 0.4) is 0 Å². The van der Waals surface area contributed by atoms with Gasteiger partial charge in [0, 0.05) is 24.0 Å². The van der Waals surface area contributed by atoms with Gasteiger partial charge >= 0.3 is 24.3 Å². The highest BCUT2D eigenvalue weighted by Gasteiger charge is 2.73. The van der Waals surface area contributed by atoms with Gasteiger partial charge in [0.1, 0.15) is 0 Å². The topological polar surface area (TPSA) is 74.6 Å². The number of carbonyl (C=O) groups is 2. The molecule has 0 heterocycles. The first-order valence-electron chi connectivity index (χ1n) is 18.1. The summed E-state index contributed by atoms with van der Waals surface area (Å²) in [5.41, 5.74) is -9.83. The predicted octanol–water partition coefficient (Wildman–Crippen LogP) is 12.3. The van der Waals surface area contributed by atoms with Crippen molar-refractivity contribution < 1.29 is 46.1 Å². The van der Waals surface area contributed by atoms with Crippen LogP contribution in [-0.4, -0.2) is 34.5 Å². The summed E-state index contributed by atoms with van der Waals surface area (Å²) in [4.78, 5) is 23.6. The monoisotopic (exact) mass is 720 g/mol. The highest BCUT2D eigenvalue weighted by Crippen LogP contribution is 2.57. The molecule has 10 heteroatoms. The second kappa shape index (κ2) is 21.4. The minimum absolute atomic E-state index is 0.194. The Balaban J connectivity index is 2.61. The molecule has 0 saturated heterocycles. The van der Waals surface area contributed by atoms with Crippen molar-refractivity contribution in [2.75, 3.05) is 0 Å². The van der Waals surface area contributed by atoms with E-state index in [1.54, 1.807) is 0 Å². The van der Waals surface area contributed by atoms with E-state index in [-0.39, 0.29) is 12.8 Å². The fraction of sp³-hybridized carbons (Fsp3) is 0.561. The standard InChI is InChI=1S/C41H50F6O4/c1-3-5-7-9-11-13-15-17-19-21-23-31-29-33(37(48)49)25-27-35(31)39(40(42,43)44,41(45,46)47)36-28-26-34(38(50)51)30-32(36)24-22-20-18-16-14-12-10-8-6-4-2/h25-30H,3-20H2,1-2H3,(H,48,49)(H,50,51). The van der Waals surface area contributed by atoms with Crippen molar-refractivity contribution in [1.82, 2.24) is 0 Å². The van der Waals surface area contributed by atoms with Gasteiger partial charge in [0.25, 0.3) is 0 Å². The molecule has 2 aromatic rings. The number of rotatable bonds is 20. The summed E-state index contributed by atoms with van der Waals surface area (Å²) in [7, 11) is 0. The van der Waals surface area contributed by atoms with E-state index >= 15 is 26.3 Å². The summed E-state index contributed by atoms with van der Waals surface area (Å²) in [6.45, 7) is 4.23. The van der Waals surface area contributed by atoms with E-state index < -0.39 is 63.1 Å². The first kappa shape index (κ1) is 43.2. The number of benzene rings is 2. The van der Waals surface area contributed by atoms with Crippen LogP contribution in [0.5, 0.6) is 0 Å². The Bertz CT molecular complexity index is 1420. The Morgan fingerprint density at radius 2 is 0.843 bits per heavy atom. The van der Waals surface area contributed by atoms with E-state index in [1.165, 1.54) is 0 Å². The molecule has 0 aliphatic carbocycles. The number of aromatic carboxylic acids is 2. The molecule has 51 heavy (non-hydrogen) atoms. The van der Waals surface area contributed by atoms with E-state index in [4.69, 9.17) is 0 Å². The van der Waals surface area contributed by atoms with Crippen molar-refractivity contribution in [3.63, 3.8) is 0 Å². The van der Waals surface area contributed by atoms with Gasteiger partial charge in [-0.1, -0.05) is 140 Å². The lowest BCUT2D eigenvalue weighted by Gasteiger charge is -2.39. The van der Waals surface area contributed by atoms with Crippen LogP contribution in [-0.2, 0) is 5.41 Å². The van der Waals surface area contributed by atoms with Crippen molar-refractivity contribution in [2.24, 2.45) is 0 Å². The minimum Gasteiger partial charge on any atom is -0.478 e. The molecule has 2 N–H and O–H groups in total. The van der Waals surface area contributed by atoms with E-state index in [0.29, 0.717) is 37.1 Å². The number of halogens is 6. The molecule has 4 nitrogen and oxygen atoms in total. The van der Waals surface area contributed by atoms with Gasteiger partial charge in [-0.2, -0.15) is 26.3 Å². The van der Waals surface area contributed by atoms with Crippen LogP contribution in [0, 0.1) is 23.7 Å². The maximum atomic E-state index is 15.3. The van der Waals surface area contributed by atoms with E-state index in [2.05, 4.69) is 37.5 Å². The molecule has 2 rings (SSSR count). The lowest BCUT2D eigenvalue weighted by Crippen LogP contribution is -2.55. The van der Waals surface area contributed by atoms with Gasteiger partial charge in [0.2, 0.25) is 5.41 Å². The Morgan fingerprint density at radius 3 is 1.14 bits per heavy atom. The second-order valence-corrected chi connectivity index (χ2v) is 12.9. The normalized spacial score (nSPS) is 11.8. The molecular weight excluding hydrogens is 670 g/mol. The van der Waals surface area contributed by atoms with Crippen LogP contribution >= 0.6 is 0 Å². The Hall–Kier alpha value is -3.92. The predicted molar refractivity (Wildman–Crippen MR) is 188 cm³/mol. The number of carboxylic acids is 2. The maximum Gasteiger partial charge on any atom is 0.411 e. The zero-order valence-corrected chi connectivity index (χ0v) is 29.7. The molecule has 0 aliphatic heterocycles. The lowest BCUT2D eigenvalue weighted by molar-refractivity contribution is -0.288. The van der Waals surface area contributed by atoms with Crippen LogP contribution in [0.2, 0.25) is 0 Å². The van der Waals surface area contributed by atoms with E-state index in [9.17, 15) is 19.8 Å². The first-order chi connectivity index (χ1) is 24.2. The van der Waals surface area contributed by atoms with Gasteiger partial charge in [-0.25, -0.2) is 9.59 Å². The molecular formula is C41H50F6O4. The van der Waals surface area contributed by atoms with Crippen molar-refractivity contribution in [3.05, 3.63) is 69.8 Å². The Morgan fingerprint density at radius 1 is 0.529 bits per heavy atom. The summed E-state index contributed by atoms with van der Waals surface area (Å²) in [5, 5.41) is 19.1. The van der Waals surface area contributed by atoms with Gasteiger partial charge in [0.05, 0.1) is 11.1 Å². The zero-order chi connectivity index (χ0) is 37.9. The average Bonchev–Trinajstić information content (AvgIpc) is 3.06. The van der Waals surface area contributed by atoms with Gasteiger partial charge in [-0.05, 0) is 48.2 Å². The number of unbranched alkanes of at least 4 members (excludes halogenated alkanes) is 16. The molecule has 0 amide bonds. The molecule has 280 valence electrons. The van der Waals surface area contributed by atoms with Crippen LogP contribution in [0.1, 0.15) is 172 Å². The van der Waals surface area contributed by atoms with Gasteiger partial charge < -0.3 is 10.2 Å². The van der Waals surface area contributed by atoms with Crippen LogP contribution in [0.25, 0.3) is 0 Å². The van der Waals surface area contributed by atoms with Crippen LogP contribution in [0.4, 0.5) is 26.3 Å².